The van der Waals surface area contributed by atoms with Crippen molar-refractivity contribution in [3.63, 3.8) is 0 Å². The van der Waals surface area contributed by atoms with Gasteiger partial charge in [0, 0.05) is 5.69 Å². The zero-order valence-electron chi connectivity index (χ0n) is 13.5. The highest BCUT2D eigenvalue weighted by Gasteiger charge is 2.16. The van der Waals surface area contributed by atoms with Crippen LogP contribution in [0.2, 0.25) is 0 Å². The molecule has 24 heavy (non-hydrogen) atoms. The Labute approximate surface area is 138 Å². The van der Waals surface area contributed by atoms with Crippen LogP contribution >= 0.6 is 0 Å². The summed E-state index contributed by atoms with van der Waals surface area (Å²) >= 11 is 0. The highest BCUT2D eigenvalue weighted by Crippen LogP contribution is 2.17. The summed E-state index contributed by atoms with van der Waals surface area (Å²) in [7, 11) is 0. The lowest BCUT2D eigenvalue weighted by Crippen LogP contribution is -2.38. The number of carbonyl (C=O) groups is 1. The van der Waals surface area contributed by atoms with E-state index in [1.807, 2.05) is 37.3 Å². The van der Waals surface area contributed by atoms with Gasteiger partial charge in [-0.05, 0) is 37.6 Å². The molecule has 1 aromatic heterocycles. The molecule has 2 atom stereocenters. The maximum absolute atomic E-state index is 12.3. The topological polar surface area (TPSA) is 87.1 Å². The van der Waals surface area contributed by atoms with Crippen LogP contribution in [0, 0.1) is 0 Å². The number of hydrogen-bond acceptors (Lipinski definition) is 4. The lowest BCUT2D eigenvalue weighted by Gasteiger charge is -2.19. The molecule has 3 N–H and O–H groups in total. The molecule has 124 valence electrons. The van der Waals surface area contributed by atoms with E-state index in [-0.39, 0.29) is 11.9 Å². The van der Waals surface area contributed by atoms with Crippen molar-refractivity contribution in [2.75, 3.05) is 5.32 Å². The molecule has 1 amide bonds. The third-order valence-electron chi connectivity index (χ3n) is 3.85. The molecule has 0 aliphatic heterocycles. The van der Waals surface area contributed by atoms with Gasteiger partial charge < -0.3 is 15.1 Å². The summed E-state index contributed by atoms with van der Waals surface area (Å²) in [4.78, 5) is 26.1. The van der Waals surface area contributed by atoms with Gasteiger partial charge in [-0.1, -0.05) is 30.3 Å². The van der Waals surface area contributed by atoms with E-state index in [9.17, 15) is 9.59 Å². The van der Waals surface area contributed by atoms with Crippen LogP contribution < -0.4 is 16.4 Å². The molecular formula is C18H19N3O3. The van der Waals surface area contributed by atoms with Gasteiger partial charge in [0.25, 0.3) is 0 Å². The Balaban J connectivity index is 1.65. The van der Waals surface area contributed by atoms with Crippen LogP contribution in [0.1, 0.15) is 25.5 Å². The van der Waals surface area contributed by atoms with Crippen molar-refractivity contribution in [1.29, 1.82) is 0 Å². The van der Waals surface area contributed by atoms with Crippen molar-refractivity contribution in [3.05, 3.63) is 64.6 Å². The molecular weight excluding hydrogens is 306 g/mol. The van der Waals surface area contributed by atoms with Crippen LogP contribution in [0.4, 0.5) is 5.69 Å². The molecule has 6 nitrogen and oxygen atoms in total. The molecule has 0 spiro atoms. The van der Waals surface area contributed by atoms with E-state index in [0.717, 1.165) is 11.3 Å². The first-order valence-electron chi connectivity index (χ1n) is 7.77. The largest absolute Gasteiger partial charge is 0.417 e. The number of fused-ring (bicyclic) bond motifs is 1. The second-order valence-electron chi connectivity index (χ2n) is 5.73. The lowest BCUT2D eigenvalue weighted by atomic mass is 10.1. The molecule has 0 saturated carbocycles. The number of benzene rings is 2. The molecule has 6 heteroatoms. The number of aromatic amines is 1. The van der Waals surface area contributed by atoms with Crippen LogP contribution in [-0.2, 0) is 4.79 Å². The fraction of sp³-hybridized carbons (Fsp3) is 0.222. The van der Waals surface area contributed by atoms with Gasteiger partial charge in [-0.25, -0.2) is 4.79 Å². The minimum atomic E-state index is -0.496. The first kappa shape index (κ1) is 15.9. The van der Waals surface area contributed by atoms with E-state index in [4.69, 9.17) is 4.42 Å². The van der Waals surface area contributed by atoms with Crippen LogP contribution in [0.25, 0.3) is 11.1 Å². The number of carbonyl (C=O) groups excluding carboxylic acids is 1. The first-order valence-corrected chi connectivity index (χ1v) is 7.77. The van der Waals surface area contributed by atoms with Crippen molar-refractivity contribution in [2.45, 2.75) is 25.9 Å². The molecule has 0 bridgehead atoms. The minimum Gasteiger partial charge on any atom is -0.408 e. The molecule has 0 unspecified atom stereocenters. The van der Waals surface area contributed by atoms with E-state index >= 15 is 0 Å². The minimum absolute atomic E-state index is 0.0735. The summed E-state index contributed by atoms with van der Waals surface area (Å²) < 4.78 is 4.96. The smallest absolute Gasteiger partial charge is 0.408 e. The number of nitrogens with one attached hydrogen (secondary N) is 3. The summed E-state index contributed by atoms with van der Waals surface area (Å²) in [5.74, 6) is -0.600. The molecule has 0 aliphatic carbocycles. The van der Waals surface area contributed by atoms with Crippen LogP contribution in [-0.4, -0.2) is 16.9 Å². The van der Waals surface area contributed by atoms with Gasteiger partial charge in [-0.2, -0.15) is 0 Å². The summed E-state index contributed by atoms with van der Waals surface area (Å²) in [5.41, 5.74) is 2.86. The Morgan fingerprint density at radius 3 is 2.62 bits per heavy atom. The second kappa shape index (κ2) is 6.62. The Hall–Kier alpha value is -3.02. The van der Waals surface area contributed by atoms with Crippen LogP contribution in [0.15, 0.2) is 57.7 Å². The quantitative estimate of drug-likeness (QED) is 0.673. The number of anilines is 1. The Morgan fingerprint density at radius 1 is 1.12 bits per heavy atom. The average Bonchev–Trinajstić information content (AvgIpc) is 2.94. The molecule has 0 aliphatic rings. The molecule has 3 rings (SSSR count). The Kier molecular flexibility index (Phi) is 4.37. The fourth-order valence-corrected chi connectivity index (χ4v) is 2.52. The zero-order chi connectivity index (χ0) is 17.1. The maximum Gasteiger partial charge on any atom is 0.417 e. The fourth-order valence-electron chi connectivity index (χ4n) is 2.52. The van der Waals surface area contributed by atoms with Gasteiger partial charge in [0.1, 0.15) is 6.04 Å². The normalized spacial score (nSPS) is 13.4. The Bertz CT molecular complexity index is 899. The van der Waals surface area contributed by atoms with Gasteiger partial charge in [0.15, 0.2) is 5.58 Å². The number of hydrogen-bond donors (Lipinski definition) is 3. The van der Waals surface area contributed by atoms with Gasteiger partial charge >= 0.3 is 5.76 Å². The van der Waals surface area contributed by atoms with Crippen LogP contribution in [0.5, 0.6) is 0 Å². The summed E-state index contributed by atoms with van der Waals surface area (Å²) in [6.45, 7) is 3.73. The zero-order valence-corrected chi connectivity index (χ0v) is 13.5. The highest BCUT2D eigenvalue weighted by atomic mass is 16.4. The third-order valence-corrected chi connectivity index (χ3v) is 3.85. The maximum atomic E-state index is 12.3. The van der Waals surface area contributed by atoms with E-state index in [1.165, 1.54) is 0 Å². The number of amides is 1. The van der Waals surface area contributed by atoms with Crippen molar-refractivity contribution in [3.8, 4) is 0 Å². The number of aromatic nitrogens is 1. The van der Waals surface area contributed by atoms with Gasteiger partial charge in [-0.15, -0.1) is 0 Å². The van der Waals surface area contributed by atoms with E-state index < -0.39 is 11.8 Å². The van der Waals surface area contributed by atoms with Crippen molar-refractivity contribution >= 4 is 22.7 Å². The monoisotopic (exact) mass is 325 g/mol. The molecule has 0 fully saturated rings. The highest BCUT2D eigenvalue weighted by molar-refractivity contribution is 5.85. The average molecular weight is 325 g/mol. The molecule has 1 heterocycles. The summed E-state index contributed by atoms with van der Waals surface area (Å²) in [5, 5.41) is 6.10. The summed E-state index contributed by atoms with van der Waals surface area (Å²) in [6.07, 6.45) is 0. The van der Waals surface area contributed by atoms with Gasteiger partial charge in [0.2, 0.25) is 5.91 Å². The lowest BCUT2D eigenvalue weighted by molar-refractivity contribution is -0.122. The standard InChI is InChI=1S/C18H19N3O3/c1-11(13-6-4-3-5-7-13)20-17(22)12(2)19-14-8-9-16-15(10-14)21-18(23)24-16/h3-12,19H,1-2H3,(H,20,22)(H,21,23)/t11-,12+/m1/s1. The van der Waals surface area contributed by atoms with E-state index in [0.29, 0.717) is 11.1 Å². The number of oxazole rings is 1. The number of rotatable bonds is 5. The Morgan fingerprint density at radius 2 is 1.88 bits per heavy atom. The third kappa shape index (κ3) is 3.48. The second-order valence-corrected chi connectivity index (χ2v) is 5.73. The molecule has 3 aromatic rings. The SMILES string of the molecule is C[C@H](Nc1ccc2oc(=O)[nH]c2c1)C(=O)N[C@H](C)c1ccccc1. The summed E-state index contributed by atoms with van der Waals surface area (Å²) in [6, 6.07) is 14.5. The molecule has 0 radical (unpaired) electrons. The van der Waals surface area contributed by atoms with Crippen LogP contribution in [0.3, 0.4) is 0 Å². The predicted octanol–water partition coefficient (Wildman–Crippen LogP) is 2.80. The van der Waals surface area contributed by atoms with Crippen molar-refractivity contribution in [2.24, 2.45) is 0 Å². The first-order chi connectivity index (χ1) is 11.5. The van der Waals surface area contributed by atoms with E-state index in [2.05, 4.69) is 15.6 Å². The molecule has 2 aromatic carbocycles. The van der Waals surface area contributed by atoms with Gasteiger partial charge in [-0.3, -0.25) is 9.78 Å². The van der Waals surface area contributed by atoms with E-state index in [1.54, 1.807) is 25.1 Å². The predicted molar refractivity (Wildman–Crippen MR) is 92.9 cm³/mol. The van der Waals surface area contributed by atoms with Crippen molar-refractivity contribution < 1.29 is 9.21 Å². The van der Waals surface area contributed by atoms with Crippen molar-refractivity contribution in [1.82, 2.24) is 10.3 Å². The van der Waals surface area contributed by atoms with Gasteiger partial charge in [0.05, 0.1) is 11.6 Å². The number of H-pyrrole nitrogens is 1. The molecule has 0 saturated heterocycles.